The molecule has 0 aliphatic carbocycles. The van der Waals surface area contributed by atoms with Crippen LogP contribution in [0.4, 0.5) is 5.69 Å². The van der Waals surface area contributed by atoms with Gasteiger partial charge in [0.15, 0.2) is 0 Å². The van der Waals surface area contributed by atoms with Crippen molar-refractivity contribution in [1.29, 1.82) is 0 Å². The number of ether oxygens (including phenoxy) is 1. The molecule has 5 heteroatoms. The molecule has 0 saturated carbocycles. The predicted molar refractivity (Wildman–Crippen MR) is 78.7 cm³/mol. The summed E-state index contributed by atoms with van der Waals surface area (Å²) in [5, 5.41) is 0. The van der Waals surface area contributed by atoms with Crippen LogP contribution in [0.1, 0.15) is 20.8 Å². The van der Waals surface area contributed by atoms with Gasteiger partial charge in [-0.1, -0.05) is 0 Å². The Kier molecular flexibility index (Phi) is 4.95. The smallest absolute Gasteiger partial charge is 0.251 e. The lowest BCUT2D eigenvalue weighted by Gasteiger charge is -2.37. The van der Waals surface area contributed by atoms with Crippen LogP contribution in [0.5, 0.6) is 0 Å². The number of aromatic nitrogens is 1. The Morgan fingerprint density at radius 3 is 2.30 bits per heavy atom. The third-order valence-electron chi connectivity index (χ3n) is 3.44. The first-order valence-electron chi connectivity index (χ1n) is 7.17. The molecule has 1 aromatic rings. The fraction of sp³-hybridized carbons (Fsp3) is 0.600. The molecule has 1 fully saturated rings. The minimum atomic E-state index is -0.359. The topological polar surface area (TPSA) is 45.7 Å². The zero-order chi connectivity index (χ0) is 14.5. The van der Waals surface area contributed by atoms with E-state index in [9.17, 15) is 4.79 Å². The monoisotopic (exact) mass is 277 g/mol. The lowest BCUT2D eigenvalue weighted by Crippen LogP contribution is -2.51. The van der Waals surface area contributed by atoms with Crippen LogP contribution in [-0.4, -0.2) is 54.2 Å². The summed E-state index contributed by atoms with van der Waals surface area (Å²) in [7, 11) is 0. The van der Waals surface area contributed by atoms with Gasteiger partial charge in [-0.15, -0.1) is 0 Å². The van der Waals surface area contributed by atoms with Gasteiger partial charge in [-0.25, -0.2) is 0 Å². The molecule has 0 bridgehead atoms. The number of anilines is 1. The number of rotatable bonds is 4. The van der Waals surface area contributed by atoms with Crippen molar-refractivity contribution in [2.75, 3.05) is 31.1 Å². The van der Waals surface area contributed by atoms with E-state index in [1.165, 1.54) is 5.69 Å². The Hall–Kier alpha value is -1.62. The highest BCUT2D eigenvalue weighted by Crippen LogP contribution is 2.15. The minimum Gasteiger partial charge on any atom is -0.368 e. The summed E-state index contributed by atoms with van der Waals surface area (Å²) >= 11 is 0. The molecule has 0 aromatic carbocycles. The minimum absolute atomic E-state index is 0.0760. The summed E-state index contributed by atoms with van der Waals surface area (Å²) in [6.45, 7) is 8.92. The van der Waals surface area contributed by atoms with E-state index in [0.717, 1.165) is 26.2 Å². The maximum Gasteiger partial charge on any atom is 0.251 e. The van der Waals surface area contributed by atoms with Gasteiger partial charge in [0, 0.05) is 44.3 Å². The van der Waals surface area contributed by atoms with Crippen molar-refractivity contribution in [2.45, 2.75) is 33.0 Å². The van der Waals surface area contributed by atoms with Gasteiger partial charge in [0.25, 0.3) is 5.91 Å². The van der Waals surface area contributed by atoms with Crippen molar-refractivity contribution in [2.24, 2.45) is 0 Å². The van der Waals surface area contributed by atoms with Crippen LogP contribution < -0.4 is 4.90 Å². The second-order valence-electron chi connectivity index (χ2n) is 5.34. The molecule has 2 heterocycles. The van der Waals surface area contributed by atoms with Gasteiger partial charge in [-0.3, -0.25) is 9.78 Å². The molecule has 5 nitrogen and oxygen atoms in total. The Morgan fingerprint density at radius 1 is 1.15 bits per heavy atom. The van der Waals surface area contributed by atoms with Gasteiger partial charge >= 0.3 is 0 Å². The number of carbonyl (C=O) groups excluding carboxylic acids is 1. The van der Waals surface area contributed by atoms with E-state index in [4.69, 9.17) is 4.74 Å². The highest BCUT2D eigenvalue weighted by atomic mass is 16.5. The molecule has 0 N–H and O–H groups in total. The number of hydrogen-bond donors (Lipinski definition) is 0. The zero-order valence-corrected chi connectivity index (χ0v) is 12.5. The van der Waals surface area contributed by atoms with Crippen LogP contribution >= 0.6 is 0 Å². The molecular weight excluding hydrogens is 254 g/mol. The third kappa shape index (κ3) is 3.70. The molecule has 1 atom stereocenters. The molecule has 1 aliphatic rings. The maximum absolute atomic E-state index is 12.2. The summed E-state index contributed by atoms with van der Waals surface area (Å²) in [5.41, 5.74) is 1.17. The normalized spacial score (nSPS) is 17.4. The summed E-state index contributed by atoms with van der Waals surface area (Å²) in [6, 6.07) is 4.00. The SMILES string of the molecule is CC(C)OC(C)C(=O)N1CCN(c2ccncc2)CC1. The van der Waals surface area contributed by atoms with Crippen LogP contribution in [0.15, 0.2) is 24.5 Å². The van der Waals surface area contributed by atoms with Gasteiger partial charge in [-0.05, 0) is 32.9 Å². The van der Waals surface area contributed by atoms with Crippen LogP contribution in [0.25, 0.3) is 0 Å². The second kappa shape index (κ2) is 6.70. The first-order chi connectivity index (χ1) is 9.58. The number of hydrogen-bond acceptors (Lipinski definition) is 4. The fourth-order valence-electron chi connectivity index (χ4n) is 2.46. The first kappa shape index (κ1) is 14.8. The molecule has 20 heavy (non-hydrogen) atoms. The molecule has 1 unspecified atom stereocenters. The number of amides is 1. The molecule has 0 spiro atoms. The van der Waals surface area contributed by atoms with Crippen molar-refractivity contribution >= 4 is 11.6 Å². The maximum atomic E-state index is 12.2. The van der Waals surface area contributed by atoms with Crippen molar-refractivity contribution < 1.29 is 9.53 Å². The van der Waals surface area contributed by atoms with Crippen LogP contribution in [0.2, 0.25) is 0 Å². The van der Waals surface area contributed by atoms with Crippen LogP contribution in [0.3, 0.4) is 0 Å². The van der Waals surface area contributed by atoms with Crippen LogP contribution in [-0.2, 0) is 9.53 Å². The number of pyridine rings is 1. The average molecular weight is 277 g/mol. The molecule has 1 amide bonds. The molecule has 1 saturated heterocycles. The van der Waals surface area contributed by atoms with Gasteiger partial charge in [-0.2, -0.15) is 0 Å². The quantitative estimate of drug-likeness (QED) is 0.837. The summed E-state index contributed by atoms with van der Waals surface area (Å²) in [4.78, 5) is 20.4. The van der Waals surface area contributed by atoms with Gasteiger partial charge in [0.05, 0.1) is 6.10 Å². The molecule has 2 rings (SSSR count). The highest BCUT2D eigenvalue weighted by molar-refractivity contribution is 5.80. The standard InChI is InChI=1S/C15H23N3O2/c1-12(2)20-13(3)15(19)18-10-8-17(9-11-18)14-4-6-16-7-5-14/h4-7,12-13H,8-11H2,1-3H3. The van der Waals surface area contributed by atoms with Crippen LogP contribution in [0, 0.1) is 0 Å². The lowest BCUT2D eigenvalue weighted by atomic mass is 10.2. The van der Waals surface area contributed by atoms with Crippen molar-refractivity contribution in [3.05, 3.63) is 24.5 Å². The van der Waals surface area contributed by atoms with E-state index < -0.39 is 0 Å². The first-order valence-corrected chi connectivity index (χ1v) is 7.17. The van der Waals surface area contributed by atoms with Crippen molar-refractivity contribution in [1.82, 2.24) is 9.88 Å². The summed E-state index contributed by atoms with van der Waals surface area (Å²) in [5.74, 6) is 0.0908. The van der Waals surface area contributed by atoms with Crippen molar-refractivity contribution in [3.8, 4) is 0 Å². The van der Waals surface area contributed by atoms with E-state index in [0.29, 0.717) is 0 Å². The Balaban J connectivity index is 1.86. The predicted octanol–water partition coefficient (Wildman–Crippen LogP) is 1.54. The van der Waals surface area contributed by atoms with E-state index in [1.54, 1.807) is 12.4 Å². The molecule has 1 aromatic heterocycles. The Labute approximate surface area is 120 Å². The highest BCUT2D eigenvalue weighted by Gasteiger charge is 2.25. The summed E-state index contributed by atoms with van der Waals surface area (Å²) in [6.07, 6.45) is 3.31. The Morgan fingerprint density at radius 2 is 1.75 bits per heavy atom. The fourth-order valence-corrected chi connectivity index (χ4v) is 2.46. The molecular formula is C15H23N3O2. The summed E-state index contributed by atoms with van der Waals surface area (Å²) < 4.78 is 5.56. The molecule has 0 radical (unpaired) electrons. The molecule has 110 valence electrons. The van der Waals surface area contributed by atoms with E-state index in [2.05, 4.69) is 9.88 Å². The zero-order valence-electron chi connectivity index (χ0n) is 12.5. The number of piperazine rings is 1. The average Bonchev–Trinajstić information content (AvgIpc) is 2.47. The van der Waals surface area contributed by atoms with Gasteiger partial charge in [0.1, 0.15) is 6.10 Å². The Bertz CT molecular complexity index is 428. The van der Waals surface area contributed by atoms with E-state index >= 15 is 0 Å². The molecule has 1 aliphatic heterocycles. The lowest BCUT2D eigenvalue weighted by molar-refractivity contribution is -0.145. The van der Waals surface area contributed by atoms with Gasteiger partial charge < -0.3 is 14.5 Å². The number of carbonyl (C=O) groups is 1. The van der Waals surface area contributed by atoms with E-state index in [-0.39, 0.29) is 18.1 Å². The van der Waals surface area contributed by atoms with E-state index in [1.807, 2.05) is 37.8 Å². The largest absolute Gasteiger partial charge is 0.368 e. The van der Waals surface area contributed by atoms with Crippen molar-refractivity contribution in [3.63, 3.8) is 0 Å². The third-order valence-corrected chi connectivity index (χ3v) is 3.44. The second-order valence-corrected chi connectivity index (χ2v) is 5.34. The van der Waals surface area contributed by atoms with Gasteiger partial charge in [0.2, 0.25) is 0 Å². The number of nitrogens with zero attached hydrogens (tertiary/aromatic N) is 3.